The molecule has 0 radical (unpaired) electrons. The Morgan fingerprint density at radius 1 is 0.971 bits per heavy atom. The van der Waals surface area contributed by atoms with E-state index in [-0.39, 0.29) is 17.4 Å². The fourth-order valence-corrected chi connectivity index (χ4v) is 5.60. The predicted octanol–water partition coefficient (Wildman–Crippen LogP) is 3.46. The molecule has 0 bridgehead atoms. The molecule has 0 aliphatic carbocycles. The largest absolute Gasteiger partial charge is 0.493 e. The molecule has 0 atom stereocenters. The number of hydrogen-bond acceptors (Lipinski definition) is 6. The molecule has 1 aliphatic heterocycles. The molecule has 0 saturated carbocycles. The maximum absolute atomic E-state index is 13.2. The zero-order chi connectivity index (χ0) is 25.0. The van der Waals surface area contributed by atoms with Crippen molar-refractivity contribution in [3.8, 4) is 17.2 Å². The third kappa shape index (κ3) is 5.19. The van der Waals surface area contributed by atoms with Crippen LogP contribution in [0.5, 0.6) is 17.2 Å². The van der Waals surface area contributed by atoms with Gasteiger partial charge in [0, 0.05) is 13.1 Å². The van der Waals surface area contributed by atoms with Gasteiger partial charge in [0.15, 0.2) is 18.1 Å². The lowest BCUT2D eigenvalue weighted by Gasteiger charge is -2.20. The summed E-state index contributed by atoms with van der Waals surface area (Å²) in [6, 6.07) is 17.6. The Kier molecular flexibility index (Phi) is 7.16. The van der Waals surface area contributed by atoms with Crippen LogP contribution in [-0.2, 0) is 27.8 Å². The summed E-state index contributed by atoms with van der Waals surface area (Å²) in [6.45, 7) is 2.28. The van der Waals surface area contributed by atoms with Crippen molar-refractivity contribution in [3.05, 3.63) is 77.4 Å². The minimum atomic E-state index is -3.69. The smallest absolute Gasteiger partial charge is 0.264 e. The number of amides is 1. The summed E-state index contributed by atoms with van der Waals surface area (Å²) < 4.78 is 44.1. The Balaban J connectivity index is 1.37. The van der Waals surface area contributed by atoms with E-state index in [0.29, 0.717) is 42.3 Å². The summed E-state index contributed by atoms with van der Waals surface area (Å²) in [6.07, 6.45) is 0.688. The van der Waals surface area contributed by atoms with Crippen molar-refractivity contribution >= 4 is 21.6 Å². The average molecular weight is 497 g/mol. The quantitative estimate of drug-likeness (QED) is 0.488. The Morgan fingerprint density at radius 3 is 2.46 bits per heavy atom. The predicted molar refractivity (Wildman–Crippen MR) is 133 cm³/mol. The molecule has 8 nitrogen and oxygen atoms in total. The summed E-state index contributed by atoms with van der Waals surface area (Å²) in [5, 5.41) is 2.80. The zero-order valence-electron chi connectivity index (χ0n) is 19.9. The van der Waals surface area contributed by atoms with Crippen molar-refractivity contribution < 1.29 is 27.4 Å². The van der Waals surface area contributed by atoms with Crippen molar-refractivity contribution in [2.45, 2.75) is 24.8 Å². The van der Waals surface area contributed by atoms with Crippen molar-refractivity contribution in [1.82, 2.24) is 5.32 Å². The fraction of sp³-hybridized carbons (Fsp3) is 0.269. The fourth-order valence-electron chi connectivity index (χ4n) is 4.01. The number of carbonyl (C=O) groups is 1. The molecule has 4 rings (SSSR count). The number of carbonyl (C=O) groups excluding carboxylic acids is 1. The van der Waals surface area contributed by atoms with E-state index in [1.807, 2.05) is 30.3 Å². The third-order valence-electron chi connectivity index (χ3n) is 5.88. The highest BCUT2D eigenvalue weighted by atomic mass is 32.2. The Labute approximate surface area is 205 Å². The van der Waals surface area contributed by atoms with Gasteiger partial charge in [-0.2, -0.15) is 0 Å². The maximum atomic E-state index is 13.2. The molecule has 1 N–H and O–H groups in total. The number of sulfonamides is 1. The number of aryl methyl sites for hydroxylation is 1. The minimum absolute atomic E-state index is 0.192. The molecule has 3 aromatic rings. The Bertz CT molecular complexity index is 1340. The monoisotopic (exact) mass is 496 g/mol. The van der Waals surface area contributed by atoms with Gasteiger partial charge in [-0.1, -0.05) is 24.3 Å². The van der Waals surface area contributed by atoms with E-state index in [1.165, 1.54) is 10.4 Å². The van der Waals surface area contributed by atoms with Gasteiger partial charge >= 0.3 is 0 Å². The van der Waals surface area contributed by atoms with E-state index in [2.05, 4.69) is 5.32 Å². The third-order valence-corrected chi connectivity index (χ3v) is 7.68. The highest BCUT2D eigenvalue weighted by Crippen LogP contribution is 2.34. The molecular formula is C26H28N2O6S. The van der Waals surface area contributed by atoms with E-state index < -0.39 is 10.0 Å². The van der Waals surface area contributed by atoms with Gasteiger partial charge in [0.25, 0.3) is 15.9 Å². The van der Waals surface area contributed by atoms with Crippen LogP contribution in [0.3, 0.4) is 0 Å². The normalized spacial score (nSPS) is 12.7. The number of anilines is 1. The maximum Gasteiger partial charge on any atom is 0.264 e. The first-order valence-corrected chi connectivity index (χ1v) is 12.6. The van der Waals surface area contributed by atoms with E-state index in [4.69, 9.17) is 14.2 Å². The van der Waals surface area contributed by atoms with Crippen LogP contribution < -0.4 is 23.8 Å². The summed E-state index contributed by atoms with van der Waals surface area (Å²) in [5.41, 5.74) is 3.22. The number of para-hydroxylation sites is 1. The molecule has 0 fully saturated rings. The molecule has 184 valence electrons. The van der Waals surface area contributed by atoms with Gasteiger partial charge in [-0.15, -0.1) is 0 Å². The molecule has 1 aliphatic rings. The second kappa shape index (κ2) is 10.3. The standard InChI is InChI=1S/C26H28N2O6S/c1-18-14-21(35(30,31)28-13-12-20-6-4-5-7-22(20)28)9-11-23(18)34-17-26(29)27-16-19-8-10-24(32-2)25(15-19)33-3/h4-11,14-15H,12-13,16-17H2,1-3H3,(H,27,29). The summed E-state index contributed by atoms with van der Waals surface area (Å²) in [5.74, 6) is 1.34. The summed E-state index contributed by atoms with van der Waals surface area (Å²) in [7, 11) is -0.579. The Hall–Kier alpha value is -3.72. The van der Waals surface area contributed by atoms with Crippen LogP contribution in [0.4, 0.5) is 5.69 Å². The average Bonchev–Trinajstić information content (AvgIpc) is 3.31. The van der Waals surface area contributed by atoms with Crippen molar-refractivity contribution in [1.29, 1.82) is 0 Å². The van der Waals surface area contributed by atoms with Crippen LogP contribution >= 0.6 is 0 Å². The second-order valence-corrected chi connectivity index (χ2v) is 10.0. The van der Waals surface area contributed by atoms with Gasteiger partial charge in [0.2, 0.25) is 0 Å². The van der Waals surface area contributed by atoms with Crippen molar-refractivity contribution in [2.24, 2.45) is 0 Å². The molecule has 0 saturated heterocycles. The van der Waals surface area contributed by atoms with Gasteiger partial charge in [-0.05, 0) is 66.4 Å². The number of benzene rings is 3. The molecular weight excluding hydrogens is 468 g/mol. The SMILES string of the molecule is COc1ccc(CNC(=O)COc2ccc(S(=O)(=O)N3CCc4ccccc43)cc2C)cc1OC. The number of hydrogen-bond donors (Lipinski definition) is 1. The lowest BCUT2D eigenvalue weighted by atomic mass is 10.2. The topological polar surface area (TPSA) is 94.2 Å². The van der Waals surface area contributed by atoms with Crippen molar-refractivity contribution in [2.75, 3.05) is 31.7 Å². The molecule has 9 heteroatoms. The van der Waals surface area contributed by atoms with E-state index in [1.54, 1.807) is 45.4 Å². The van der Waals surface area contributed by atoms with Gasteiger partial charge in [-0.25, -0.2) is 8.42 Å². The number of ether oxygens (including phenoxy) is 3. The number of fused-ring (bicyclic) bond motifs is 1. The first kappa shape index (κ1) is 24.4. The van der Waals surface area contributed by atoms with E-state index >= 15 is 0 Å². The number of rotatable bonds is 9. The van der Waals surface area contributed by atoms with E-state index in [9.17, 15) is 13.2 Å². The van der Waals surface area contributed by atoms with Crippen LogP contribution in [-0.4, -0.2) is 41.7 Å². The number of nitrogens with zero attached hydrogens (tertiary/aromatic N) is 1. The summed E-state index contributed by atoms with van der Waals surface area (Å²) >= 11 is 0. The van der Waals surface area contributed by atoms with Crippen LogP contribution in [0.25, 0.3) is 0 Å². The molecule has 1 amide bonds. The van der Waals surface area contributed by atoms with Gasteiger partial charge < -0.3 is 19.5 Å². The highest BCUT2D eigenvalue weighted by molar-refractivity contribution is 7.92. The second-order valence-electron chi connectivity index (χ2n) is 8.14. The zero-order valence-corrected chi connectivity index (χ0v) is 20.7. The first-order valence-electron chi connectivity index (χ1n) is 11.1. The molecule has 0 unspecified atom stereocenters. The lowest BCUT2D eigenvalue weighted by molar-refractivity contribution is -0.123. The minimum Gasteiger partial charge on any atom is -0.493 e. The van der Waals surface area contributed by atoms with Crippen LogP contribution in [0.1, 0.15) is 16.7 Å². The first-order chi connectivity index (χ1) is 16.8. The van der Waals surface area contributed by atoms with Gasteiger partial charge in [-0.3, -0.25) is 9.10 Å². The number of methoxy groups -OCH3 is 2. The molecule has 1 heterocycles. The molecule has 35 heavy (non-hydrogen) atoms. The van der Waals surface area contributed by atoms with Crippen molar-refractivity contribution in [3.63, 3.8) is 0 Å². The van der Waals surface area contributed by atoms with Crippen LogP contribution in [0.2, 0.25) is 0 Å². The lowest BCUT2D eigenvalue weighted by Crippen LogP contribution is -2.29. The van der Waals surface area contributed by atoms with Crippen LogP contribution in [0.15, 0.2) is 65.6 Å². The molecule has 0 spiro atoms. The summed E-state index contributed by atoms with van der Waals surface area (Å²) in [4.78, 5) is 12.5. The number of nitrogens with one attached hydrogen (secondary N) is 1. The van der Waals surface area contributed by atoms with E-state index in [0.717, 1.165) is 16.8 Å². The Morgan fingerprint density at radius 2 is 1.71 bits per heavy atom. The highest BCUT2D eigenvalue weighted by Gasteiger charge is 2.30. The van der Waals surface area contributed by atoms with Crippen LogP contribution in [0, 0.1) is 6.92 Å². The molecule has 3 aromatic carbocycles. The van der Waals surface area contributed by atoms with Gasteiger partial charge in [0.05, 0.1) is 24.8 Å². The molecule has 0 aromatic heterocycles. The van der Waals surface area contributed by atoms with Gasteiger partial charge in [0.1, 0.15) is 5.75 Å².